The molecule has 8 heteroatoms. The van der Waals surface area contributed by atoms with Gasteiger partial charge in [-0.05, 0) is 30.2 Å². The average Bonchev–Trinajstić information content (AvgIpc) is 2.91. The number of benzene rings is 2. The Labute approximate surface area is 163 Å². The standard InChI is InChI=1S/C20H23N3O4S/c1-4-8-19(24)23(14-15-9-6-5-7-10-15)28(26,27)16-11-12-17-18(13-16)22(3)20(25)21(17)2/h5-7,9-13H,4,8,14H2,1-3H3. The highest BCUT2D eigenvalue weighted by atomic mass is 32.2. The third-order valence-electron chi connectivity index (χ3n) is 4.74. The second kappa shape index (κ2) is 7.63. The van der Waals surface area contributed by atoms with Gasteiger partial charge in [-0.25, -0.2) is 17.5 Å². The molecule has 0 saturated heterocycles. The highest BCUT2D eigenvalue weighted by Crippen LogP contribution is 2.23. The molecule has 0 aliphatic heterocycles. The molecule has 0 radical (unpaired) electrons. The molecule has 28 heavy (non-hydrogen) atoms. The number of carbonyl (C=O) groups is 1. The summed E-state index contributed by atoms with van der Waals surface area (Å²) in [7, 11) is -0.855. The Morgan fingerprint density at radius 2 is 1.64 bits per heavy atom. The van der Waals surface area contributed by atoms with Crippen LogP contribution < -0.4 is 5.69 Å². The third kappa shape index (κ3) is 3.47. The van der Waals surface area contributed by atoms with E-state index >= 15 is 0 Å². The van der Waals surface area contributed by atoms with Gasteiger partial charge in [0, 0.05) is 20.5 Å². The van der Waals surface area contributed by atoms with Gasteiger partial charge in [0.25, 0.3) is 10.0 Å². The van der Waals surface area contributed by atoms with Crippen LogP contribution in [0.4, 0.5) is 0 Å². The van der Waals surface area contributed by atoms with Gasteiger partial charge in [0.05, 0.1) is 22.5 Å². The molecule has 0 N–H and O–H groups in total. The average molecular weight is 401 g/mol. The van der Waals surface area contributed by atoms with Gasteiger partial charge >= 0.3 is 5.69 Å². The normalized spacial score (nSPS) is 11.7. The van der Waals surface area contributed by atoms with Crippen LogP contribution in [0.5, 0.6) is 0 Å². The van der Waals surface area contributed by atoms with Crippen LogP contribution in [0, 0.1) is 0 Å². The van der Waals surface area contributed by atoms with Gasteiger partial charge in [0.1, 0.15) is 0 Å². The number of rotatable bonds is 6. The summed E-state index contributed by atoms with van der Waals surface area (Å²) in [6.07, 6.45) is 0.685. The second-order valence-corrected chi connectivity index (χ2v) is 8.55. The van der Waals surface area contributed by atoms with Crippen molar-refractivity contribution >= 4 is 27.0 Å². The van der Waals surface area contributed by atoms with E-state index in [1.807, 2.05) is 13.0 Å². The summed E-state index contributed by atoms with van der Waals surface area (Å²) in [5.74, 6) is -0.451. The number of fused-ring (bicyclic) bond motifs is 1. The minimum Gasteiger partial charge on any atom is -0.295 e. The van der Waals surface area contributed by atoms with Crippen molar-refractivity contribution in [3.8, 4) is 0 Å². The van der Waals surface area contributed by atoms with Gasteiger partial charge in [-0.15, -0.1) is 0 Å². The summed E-state index contributed by atoms with van der Waals surface area (Å²) in [5, 5.41) is 0. The molecule has 1 aromatic heterocycles. The maximum Gasteiger partial charge on any atom is 0.328 e. The molecule has 0 bridgehead atoms. The molecular weight excluding hydrogens is 378 g/mol. The monoisotopic (exact) mass is 401 g/mol. The summed E-state index contributed by atoms with van der Waals surface area (Å²) >= 11 is 0. The van der Waals surface area contributed by atoms with Crippen LogP contribution in [-0.2, 0) is 35.5 Å². The fourth-order valence-electron chi connectivity index (χ4n) is 3.17. The van der Waals surface area contributed by atoms with Crippen LogP contribution >= 0.6 is 0 Å². The zero-order chi connectivity index (χ0) is 20.5. The molecule has 1 heterocycles. The van der Waals surface area contributed by atoms with E-state index in [-0.39, 0.29) is 23.6 Å². The Hall–Kier alpha value is -2.87. The van der Waals surface area contributed by atoms with E-state index in [0.717, 1.165) is 9.87 Å². The number of aryl methyl sites for hydroxylation is 2. The zero-order valence-corrected chi connectivity index (χ0v) is 16.9. The summed E-state index contributed by atoms with van der Waals surface area (Å²) < 4.78 is 30.4. The van der Waals surface area contributed by atoms with Crippen molar-refractivity contribution in [3.63, 3.8) is 0 Å². The lowest BCUT2D eigenvalue weighted by Gasteiger charge is -2.23. The lowest BCUT2D eigenvalue weighted by molar-refractivity contribution is -0.126. The van der Waals surface area contributed by atoms with Crippen LogP contribution in [0.2, 0.25) is 0 Å². The Bertz CT molecular complexity index is 1180. The minimum atomic E-state index is -4.07. The first-order valence-electron chi connectivity index (χ1n) is 9.02. The number of hydrogen-bond acceptors (Lipinski definition) is 4. The van der Waals surface area contributed by atoms with Crippen molar-refractivity contribution in [2.45, 2.75) is 31.2 Å². The van der Waals surface area contributed by atoms with Gasteiger partial charge in [-0.2, -0.15) is 0 Å². The highest BCUT2D eigenvalue weighted by Gasteiger charge is 2.29. The van der Waals surface area contributed by atoms with Crippen LogP contribution in [0.3, 0.4) is 0 Å². The molecular formula is C20H23N3O4S. The molecule has 1 amide bonds. The third-order valence-corrected chi connectivity index (χ3v) is 6.51. The molecule has 0 aliphatic rings. The molecule has 0 atom stereocenters. The maximum atomic E-state index is 13.3. The molecule has 3 rings (SSSR count). The Kier molecular flexibility index (Phi) is 5.42. The molecule has 3 aromatic rings. The summed E-state index contributed by atoms with van der Waals surface area (Å²) in [4.78, 5) is 24.8. The Balaban J connectivity index is 2.10. The van der Waals surface area contributed by atoms with Gasteiger partial charge < -0.3 is 0 Å². The topological polar surface area (TPSA) is 81.4 Å². The second-order valence-electron chi connectivity index (χ2n) is 6.69. The first-order chi connectivity index (χ1) is 13.3. The lowest BCUT2D eigenvalue weighted by atomic mass is 10.2. The van der Waals surface area contributed by atoms with Gasteiger partial charge in [0.2, 0.25) is 5.91 Å². The fourth-order valence-corrected chi connectivity index (χ4v) is 4.60. The molecule has 0 spiro atoms. The van der Waals surface area contributed by atoms with Gasteiger partial charge in [0.15, 0.2) is 0 Å². The molecule has 7 nitrogen and oxygen atoms in total. The van der Waals surface area contributed by atoms with E-state index < -0.39 is 15.9 Å². The van der Waals surface area contributed by atoms with Crippen molar-refractivity contribution in [2.75, 3.05) is 0 Å². The maximum absolute atomic E-state index is 13.3. The number of carbonyl (C=O) groups excluding carboxylic acids is 1. The quantitative estimate of drug-likeness (QED) is 0.635. The smallest absolute Gasteiger partial charge is 0.295 e. The van der Waals surface area contributed by atoms with Gasteiger partial charge in [-0.3, -0.25) is 13.9 Å². The van der Waals surface area contributed by atoms with Crippen molar-refractivity contribution in [3.05, 3.63) is 64.6 Å². The van der Waals surface area contributed by atoms with E-state index in [2.05, 4.69) is 0 Å². The largest absolute Gasteiger partial charge is 0.328 e. The number of aromatic nitrogens is 2. The molecule has 0 saturated carbocycles. The minimum absolute atomic E-state index is 0.0124. The summed E-state index contributed by atoms with van der Waals surface area (Å²) in [6, 6.07) is 13.5. The van der Waals surface area contributed by atoms with E-state index in [1.54, 1.807) is 44.4 Å². The number of hydrogen-bond donors (Lipinski definition) is 0. The predicted molar refractivity (Wildman–Crippen MR) is 107 cm³/mol. The van der Waals surface area contributed by atoms with Crippen LogP contribution in [0.25, 0.3) is 11.0 Å². The number of imidazole rings is 1. The Morgan fingerprint density at radius 1 is 1.00 bits per heavy atom. The zero-order valence-electron chi connectivity index (χ0n) is 16.1. The van der Waals surface area contributed by atoms with Crippen LogP contribution in [0.15, 0.2) is 58.2 Å². The van der Waals surface area contributed by atoms with Gasteiger partial charge in [-0.1, -0.05) is 37.3 Å². The fraction of sp³-hybridized carbons (Fsp3) is 0.300. The summed E-state index contributed by atoms with van der Waals surface area (Å²) in [6.45, 7) is 1.80. The summed E-state index contributed by atoms with van der Waals surface area (Å²) in [5.41, 5.74) is 1.61. The number of nitrogens with zero attached hydrogens (tertiary/aromatic N) is 3. The van der Waals surface area contributed by atoms with E-state index in [0.29, 0.717) is 17.5 Å². The van der Waals surface area contributed by atoms with Crippen LogP contribution in [-0.4, -0.2) is 27.8 Å². The predicted octanol–water partition coefficient (Wildman–Crippen LogP) is 2.39. The SMILES string of the molecule is CCCC(=O)N(Cc1ccccc1)S(=O)(=O)c1ccc2c(c1)n(C)c(=O)n2C. The van der Waals surface area contributed by atoms with Crippen molar-refractivity contribution in [1.29, 1.82) is 0 Å². The molecule has 148 valence electrons. The van der Waals surface area contributed by atoms with Crippen LogP contribution in [0.1, 0.15) is 25.3 Å². The first kappa shape index (κ1) is 19.9. The highest BCUT2D eigenvalue weighted by molar-refractivity contribution is 7.89. The molecule has 0 fully saturated rings. The van der Waals surface area contributed by atoms with Crippen molar-refractivity contribution in [1.82, 2.24) is 13.4 Å². The van der Waals surface area contributed by atoms with Crippen molar-refractivity contribution in [2.24, 2.45) is 14.1 Å². The van der Waals surface area contributed by atoms with E-state index in [1.165, 1.54) is 21.3 Å². The lowest BCUT2D eigenvalue weighted by Crippen LogP contribution is -2.36. The molecule has 0 aliphatic carbocycles. The molecule has 0 unspecified atom stereocenters. The van der Waals surface area contributed by atoms with E-state index in [4.69, 9.17) is 0 Å². The number of sulfonamides is 1. The number of amides is 1. The first-order valence-corrected chi connectivity index (χ1v) is 10.5. The molecule has 2 aromatic carbocycles. The Morgan fingerprint density at radius 3 is 2.29 bits per heavy atom. The van der Waals surface area contributed by atoms with E-state index in [9.17, 15) is 18.0 Å². The van der Waals surface area contributed by atoms with Crippen molar-refractivity contribution < 1.29 is 13.2 Å².